The number of fused-ring (bicyclic) bond motifs is 1. The molecule has 0 saturated carbocycles. The van der Waals surface area contributed by atoms with Gasteiger partial charge in [0.25, 0.3) is 0 Å². The highest BCUT2D eigenvalue weighted by Crippen LogP contribution is 2.38. The van der Waals surface area contributed by atoms with Gasteiger partial charge in [0, 0.05) is 17.7 Å². The standard InChI is InChI=1S/C42H36O8/c1-28-35(43)21-22-38(48-28)50-42-40(44)39-36(47-27-31-15-9-4-10-16-31)23-34(46-26-30-13-7-3-8-14-30)24-37(39)49-41(42)32-17-19-33(20-18-32)45-25-29-11-5-2-6-12-29/h2-24,28,35,38,43H,25-27H2,1H3/t28-,35+,38-/m0/s1. The van der Waals surface area contributed by atoms with E-state index in [1.54, 1.807) is 31.2 Å². The molecule has 5 aromatic carbocycles. The number of ether oxygens (including phenoxy) is 5. The molecule has 1 N–H and O–H groups in total. The summed E-state index contributed by atoms with van der Waals surface area (Å²) in [5.74, 6) is 1.54. The van der Waals surface area contributed by atoms with Crippen LogP contribution < -0.4 is 24.4 Å². The van der Waals surface area contributed by atoms with Crippen LogP contribution in [-0.2, 0) is 24.6 Å². The second kappa shape index (κ2) is 15.2. The van der Waals surface area contributed by atoms with E-state index in [2.05, 4.69) is 0 Å². The maximum absolute atomic E-state index is 14.5. The lowest BCUT2D eigenvalue weighted by atomic mass is 10.1. The first-order valence-electron chi connectivity index (χ1n) is 16.4. The van der Waals surface area contributed by atoms with Crippen molar-refractivity contribution in [1.82, 2.24) is 0 Å². The van der Waals surface area contributed by atoms with Crippen molar-refractivity contribution in [3.63, 3.8) is 0 Å². The van der Waals surface area contributed by atoms with Crippen LogP contribution in [0.2, 0.25) is 0 Å². The van der Waals surface area contributed by atoms with Crippen LogP contribution in [0.3, 0.4) is 0 Å². The summed E-state index contributed by atoms with van der Waals surface area (Å²) in [5, 5.41) is 10.4. The van der Waals surface area contributed by atoms with Gasteiger partial charge in [-0.15, -0.1) is 0 Å². The van der Waals surface area contributed by atoms with Gasteiger partial charge in [0.1, 0.15) is 48.0 Å². The molecule has 8 heteroatoms. The second-order valence-electron chi connectivity index (χ2n) is 11.9. The zero-order chi connectivity index (χ0) is 34.3. The number of aliphatic hydroxyl groups is 1. The number of aliphatic hydroxyl groups excluding tert-OH is 1. The van der Waals surface area contributed by atoms with Crippen molar-refractivity contribution in [2.24, 2.45) is 0 Å². The van der Waals surface area contributed by atoms with Crippen molar-refractivity contribution < 1.29 is 33.2 Å². The summed E-state index contributed by atoms with van der Waals surface area (Å²) >= 11 is 0. The molecule has 1 aliphatic heterocycles. The third-order valence-corrected chi connectivity index (χ3v) is 8.27. The van der Waals surface area contributed by atoms with Crippen LogP contribution >= 0.6 is 0 Å². The van der Waals surface area contributed by atoms with Crippen LogP contribution in [0.4, 0.5) is 0 Å². The van der Waals surface area contributed by atoms with E-state index in [0.717, 1.165) is 16.7 Å². The summed E-state index contributed by atoms with van der Waals surface area (Å²) in [6.07, 6.45) is 0.883. The summed E-state index contributed by atoms with van der Waals surface area (Å²) in [7, 11) is 0. The average molecular weight is 669 g/mol. The molecule has 7 rings (SSSR count). The van der Waals surface area contributed by atoms with E-state index < -0.39 is 23.9 Å². The van der Waals surface area contributed by atoms with Gasteiger partial charge in [-0.2, -0.15) is 0 Å². The second-order valence-corrected chi connectivity index (χ2v) is 11.9. The molecule has 0 bridgehead atoms. The molecule has 0 spiro atoms. The molecule has 8 nitrogen and oxygen atoms in total. The minimum Gasteiger partial charge on any atom is -0.489 e. The van der Waals surface area contributed by atoms with Crippen molar-refractivity contribution in [2.75, 3.05) is 0 Å². The molecule has 252 valence electrons. The molecule has 0 saturated heterocycles. The van der Waals surface area contributed by atoms with Crippen LogP contribution in [-0.4, -0.2) is 23.6 Å². The molecule has 1 aliphatic rings. The summed E-state index contributed by atoms with van der Waals surface area (Å²) in [6.45, 7) is 2.66. The molecule has 3 atom stereocenters. The first-order valence-corrected chi connectivity index (χ1v) is 16.4. The Hall–Kier alpha value is -5.83. The van der Waals surface area contributed by atoms with E-state index in [1.165, 1.54) is 0 Å². The lowest BCUT2D eigenvalue weighted by Gasteiger charge is -2.27. The van der Waals surface area contributed by atoms with E-state index in [1.807, 2.05) is 115 Å². The van der Waals surface area contributed by atoms with Crippen molar-refractivity contribution >= 4 is 11.0 Å². The zero-order valence-electron chi connectivity index (χ0n) is 27.4. The summed E-state index contributed by atoms with van der Waals surface area (Å²) in [4.78, 5) is 14.5. The van der Waals surface area contributed by atoms with Crippen LogP contribution in [0.5, 0.6) is 23.0 Å². The lowest BCUT2D eigenvalue weighted by molar-refractivity contribution is -0.122. The smallest absolute Gasteiger partial charge is 0.239 e. The van der Waals surface area contributed by atoms with Crippen molar-refractivity contribution in [1.29, 1.82) is 0 Å². The largest absolute Gasteiger partial charge is 0.489 e. The van der Waals surface area contributed by atoms with Gasteiger partial charge in [-0.25, -0.2) is 0 Å². The maximum Gasteiger partial charge on any atom is 0.239 e. The molecule has 1 aromatic heterocycles. The molecular weight excluding hydrogens is 632 g/mol. The van der Waals surface area contributed by atoms with Gasteiger partial charge in [-0.3, -0.25) is 4.79 Å². The van der Waals surface area contributed by atoms with E-state index >= 15 is 0 Å². The quantitative estimate of drug-likeness (QED) is 0.130. The Kier molecular flexibility index (Phi) is 9.91. The fourth-order valence-electron chi connectivity index (χ4n) is 5.54. The highest BCUT2D eigenvalue weighted by molar-refractivity contribution is 5.88. The topological polar surface area (TPSA) is 96.6 Å². The van der Waals surface area contributed by atoms with E-state index in [0.29, 0.717) is 30.3 Å². The number of rotatable bonds is 12. The minimum absolute atomic E-state index is 0.0591. The maximum atomic E-state index is 14.5. The summed E-state index contributed by atoms with van der Waals surface area (Å²) < 4.78 is 37.1. The zero-order valence-corrected chi connectivity index (χ0v) is 27.4. The predicted octanol–water partition coefficient (Wildman–Crippen LogP) is 8.24. The Balaban J connectivity index is 1.29. The summed E-state index contributed by atoms with van der Waals surface area (Å²) in [5.41, 5.74) is 3.36. The monoisotopic (exact) mass is 668 g/mol. The minimum atomic E-state index is -0.942. The van der Waals surface area contributed by atoms with Gasteiger partial charge in [0.05, 0.1) is 12.2 Å². The highest BCUT2D eigenvalue weighted by Gasteiger charge is 2.28. The van der Waals surface area contributed by atoms with Crippen LogP contribution in [0.1, 0.15) is 23.6 Å². The van der Waals surface area contributed by atoms with E-state index in [9.17, 15) is 9.90 Å². The number of hydrogen-bond acceptors (Lipinski definition) is 8. The highest BCUT2D eigenvalue weighted by atomic mass is 16.7. The molecular formula is C42H36O8. The Morgan fingerprint density at radius 1 is 0.660 bits per heavy atom. The van der Waals surface area contributed by atoms with Crippen LogP contribution in [0.15, 0.2) is 149 Å². The van der Waals surface area contributed by atoms with Crippen LogP contribution in [0, 0.1) is 0 Å². The normalized spacial score (nSPS) is 17.0. The predicted molar refractivity (Wildman–Crippen MR) is 190 cm³/mol. The molecule has 6 aromatic rings. The van der Waals surface area contributed by atoms with Crippen molar-refractivity contribution in [3.8, 4) is 34.3 Å². The van der Waals surface area contributed by atoms with Gasteiger partial charge in [-0.1, -0.05) is 97.1 Å². The van der Waals surface area contributed by atoms with Crippen molar-refractivity contribution in [3.05, 3.63) is 166 Å². The Morgan fingerprint density at radius 3 is 1.80 bits per heavy atom. The molecule has 0 radical (unpaired) electrons. The van der Waals surface area contributed by atoms with Gasteiger partial charge in [0.15, 0.2) is 5.76 Å². The number of hydrogen-bond donors (Lipinski definition) is 1. The van der Waals surface area contributed by atoms with E-state index in [4.69, 9.17) is 28.1 Å². The molecule has 0 aliphatic carbocycles. The van der Waals surface area contributed by atoms with E-state index in [-0.39, 0.29) is 34.8 Å². The molecule has 0 unspecified atom stereocenters. The molecule has 50 heavy (non-hydrogen) atoms. The molecule has 2 heterocycles. The SMILES string of the molecule is C[C@@H]1O[C@@H](Oc2c(-c3ccc(OCc4ccccc4)cc3)oc3cc(OCc4ccccc4)cc(OCc4ccccc4)c3c2=O)C=C[C@H]1O. The third-order valence-electron chi connectivity index (χ3n) is 8.27. The van der Waals surface area contributed by atoms with Gasteiger partial charge >= 0.3 is 0 Å². The Labute approximate surface area is 289 Å². The Bertz CT molecular complexity index is 2110. The summed E-state index contributed by atoms with van der Waals surface area (Å²) in [6, 6.07) is 40.0. The lowest BCUT2D eigenvalue weighted by Crippen LogP contribution is -2.36. The molecule has 0 amide bonds. The molecule has 0 fully saturated rings. The van der Waals surface area contributed by atoms with Crippen molar-refractivity contribution in [2.45, 2.75) is 45.2 Å². The third kappa shape index (κ3) is 7.73. The van der Waals surface area contributed by atoms with Crippen LogP contribution in [0.25, 0.3) is 22.3 Å². The first kappa shape index (κ1) is 32.7. The van der Waals surface area contributed by atoms with Gasteiger partial charge in [-0.05, 0) is 54.0 Å². The average Bonchev–Trinajstić information content (AvgIpc) is 3.16. The first-order chi connectivity index (χ1) is 24.5. The Morgan fingerprint density at radius 2 is 1.22 bits per heavy atom. The number of benzene rings is 5. The van der Waals surface area contributed by atoms with Gasteiger partial charge < -0.3 is 33.2 Å². The fourth-order valence-corrected chi connectivity index (χ4v) is 5.54. The van der Waals surface area contributed by atoms with Gasteiger partial charge in [0.2, 0.25) is 17.5 Å². The fraction of sp³-hybridized carbons (Fsp3) is 0.167.